The van der Waals surface area contributed by atoms with Crippen LogP contribution in [0, 0.1) is 11.3 Å². The molecular formula is C12H16F2N4O. The fraction of sp³-hybridized carbons (Fsp3) is 0.583. The van der Waals surface area contributed by atoms with Crippen LogP contribution in [0.15, 0.2) is 0 Å². The topological polar surface area (TPSA) is 81.8 Å². The number of nitriles is 1. The number of aryl methyl sites for hydroxylation is 1. The van der Waals surface area contributed by atoms with E-state index in [0.29, 0.717) is 18.5 Å². The molecule has 0 amide bonds. The van der Waals surface area contributed by atoms with Gasteiger partial charge in [-0.25, -0.2) is 8.78 Å². The number of aliphatic hydroxyl groups is 1. The monoisotopic (exact) mass is 270 g/mol. The summed E-state index contributed by atoms with van der Waals surface area (Å²) in [5, 5.41) is 27.7. The van der Waals surface area contributed by atoms with Gasteiger partial charge >= 0.3 is 0 Å². The minimum atomic E-state index is -3.26. The van der Waals surface area contributed by atoms with Gasteiger partial charge in [-0.3, -0.25) is 0 Å². The van der Waals surface area contributed by atoms with Crippen LogP contribution < -0.4 is 5.32 Å². The van der Waals surface area contributed by atoms with Gasteiger partial charge in [0, 0.05) is 0 Å². The number of hydrogen-bond acceptors (Lipinski definition) is 5. The highest BCUT2D eigenvalue weighted by Crippen LogP contribution is 2.21. The molecule has 0 fully saturated rings. The Kier molecular flexibility index (Phi) is 5.12. The number of hydrogen-bond donors (Lipinski definition) is 2. The van der Waals surface area contributed by atoms with Crippen LogP contribution in [0.2, 0.25) is 0 Å². The van der Waals surface area contributed by atoms with E-state index in [-0.39, 0.29) is 11.4 Å². The van der Waals surface area contributed by atoms with E-state index >= 15 is 0 Å². The number of halogens is 2. The minimum absolute atomic E-state index is 0.0321. The maximum absolute atomic E-state index is 13.0. The Morgan fingerprint density at radius 3 is 2.47 bits per heavy atom. The Morgan fingerprint density at radius 2 is 2.00 bits per heavy atom. The fourth-order valence-corrected chi connectivity index (χ4v) is 1.69. The molecule has 0 unspecified atom stereocenters. The van der Waals surface area contributed by atoms with Crippen molar-refractivity contribution >= 4 is 5.82 Å². The summed E-state index contributed by atoms with van der Waals surface area (Å²) in [7, 11) is 0. The summed E-state index contributed by atoms with van der Waals surface area (Å²) < 4.78 is 25.9. The van der Waals surface area contributed by atoms with Crippen LogP contribution in [0.1, 0.15) is 30.7 Å². The van der Waals surface area contributed by atoms with Crippen LogP contribution in [0.25, 0.3) is 0 Å². The summed E-state index contributed by atoms with van der Waals surface area (Å²) in [4.78, 5) is 0. The van der Waals surface area contributed by atoms with Gasteiger partial charge in [-0.15, -0.1) is 5.10 Å². The summed E-state index contributed by atoms with van der Waals surface area (Å²) in [5.74, 6) is -3.23. The van der Waals surface area contributed by atoms with E-state index in [1.54, 1.807) is 0 Å². The number of alkyl halides is 2. The minimum Gasteiger partial charge on any atom is -0.390 e. The molecule has 0 saturated carbocycles. The second-order valence-corrected chi connectivity index (χ2v) is 4.04. The summed E-state index contributed by atoms with van der Waals surface area (Å²) in [6, 6.07) is 1.97. The summed E-state index contributed by atoms with van der Waals surface area (Å²) >= 11 is 0. The molecule has 0 saturated heterocycles. The molecule has 0 atom stereocenters. The first-order chi connectivity index (χ1) is 8.99. The predicted molar refractivity (Wildman–Crippen MR) is 66.0 cm³/mol. The third-order valence-electron chi connectivity index (χ3n) is 2.70. The molecule has 1 aromatic heterocycles. The molecule has 19 heavy (non-hydrogen) atoms. The van der Waals surface area contributed by atoms with Crippen molar-refractivity contribution in [3.63, 3.8) is 0 Å². The van der Waals surface area contributed by atoms with E-state index in [4.69, 9.17) is 10.4 Å². The zero-order chi connectivity index (χ0) is 14.5. The molecule has 0 aromatic carbocycles. The Labute approximate surface area is 110 Å². The number of nitrogens with zero attached hydrogens (tertiary/aromatic N) is 3. The summed E-state index contributed by atoms with van der Waals surface area (Å²) in [6.07, 6.45) is 1.20. The molecule has 0 radical (unpaired) electrons. The predicted octanol–water partition coefficient (Wildman–Crippen LogP) is 1.51. The van der Waals surface area contributed by atoms with E-state index in [1.165, 1.54) is 0 Å². The Morgan fingerprint density at radius 1 is 1.32 bits per heavy atom. The molecule has 1 heterocycles. The van der Waals surface area contributed by atoms with Crippen molar-refractivity contribution in [2.75, 3.05) is 18.5 Å². The van der Waals surface area contributed by atoms with Crippen molar-refractivity contribution < 1.29 is 13.9 Å². The van der Waals surface area contributed by atoms with Crippen molar-refractivity contribution in [2.45, 2.75) is 32.6 Å². The van der Waals surface area contributed by atoms with Gasteiger partial charge in [-0.1, -0.05) is 13.8 Å². The summed E-state index contributed by atoms with van der Waals surface area (Å²) in [6.45, 7) is 1.70. The third kappa shape index (κ3) is 3.58. The lowest BCUT2D eigenvalue weighted by Gasteiger charge is -2.16. The Balaban J connectivity index is 3.06. The first-order valence-electron chi connectivity index (χ1n) is 6.00. The lowest BCUT2D eigenvalue weighted by Crippen LogP contribution is -2.31. The van der Waals surface area contributed by atoms with E-state index in [2.05, 4.69) is 15.5 Å². The van der Waals surface area contributed by atoms with Gasteiger partial charge in [0.05, 0.1) is 12.2 Å². The number of rotatable bonds is 6. The van der Waals surface area contributed by atoms with Gasteiger partial charge in [0.25, 0.3) is 5.92 Å². The molecule has 104 valence electrons. The molecule has 1 rings (SSSR count). The van der Waals surface area contributed by atoms with Gasteiger partial charge in [0.2, 0.25) is 0 Å². The first-order valence-corrected chi connectivity index (χ1v) is 6.00. The van der Waals surface area contributed by atoms with Crippen LogP contribution in [0.5, 0.6) is 0 Å². The van der Waals surface area contributed by atoms with Crippen molar-refractivity contribution in [3.05, 3.63) is 16.8 Å². The quantitative estimate of drug-likeness (QED) is 0.819. The average molecular weight is 270 g/mol. The van der Waals surface area contributed by atoms with Crippen LogP contribution >= 0.6 is 0 Å². The standard InChI is InChI=1S/C12H16F2N4O/c1-3-8-9(5-15)11(18-17-10(8)4-2)16-6-12(13,14)7-19/h19H,3-4,6-7H2,1-2H3,(H,16,18). The SMILES string of the molecule is CCc1nnc(NCC(F)(F)CO)c(C#N)c1CC. The van der Waals surface area contributed by atoms with Crippen LogP contribution in [-0.4, -0.2) is 34.4 Å². The van der Waals surface area contributed by atoms with Gasteiger partial charge in [0.15, 0.2) is 5.82 Å². The van der Waals surface area contributed by atoms with E-state index in [1.807, 2.05) is 19.9 Å². The van der Waals surface area contributed by atoms with Crippen molar-refractivity contribution in [1.29, 1.82) is 5.26 Å². The molecule has 1 aromatic rings. The maximum Gasteiger partial charge on any atom is 0.287 e. The molecule has 0 bridgehead atoms. The molecule has 0 aliphatic carbocycles. The van der Waals surface area contributed by atoms with Crippen molar-refractivity contribution in [2.24, 2.45) is 0 Å². The van der Waals surface area contributed by atoms with E-state index in [0.717, 1.165) is 5.56 Å². The Hall–Kier alpha value is -1.81. The van der Waals surface area contributed by atoms with E-state index < -0.39 is 19.1 Å². The van der Waals surface area contributed by atoms with Gasteiger partial charge in [-0.05, 0) is 18.4 Å². The third-order valence-corrected chi connectivity index (χ3v) is 2.70. The second kappa shape index (κ2) is 6.38. The van der Waals surface area contributed by atoms with Gasteiger partial charge in [-0.2, -0.15) is 10.4 Å². The molecule has 0 aliphatic rings. The molecule has 2 N–H and O–H groups in total. The maximum atomic E-state index is 13.0. The average Bonchev–Trinajstić information content (AvgIpc) is 2.43. The first kappa shape index (κ1) is 15.2. The molecule has 0 aliphatic heterocycles. The fourth-order valence-electron chi connectivity index (χ4n) is 1.69. The number of aromatic nitrogens is 2. The van der Waals surface area contributed by atoms with Crippen LogP contribution in [0.3, 0.4) is 0 Å². The smallest absolute Gasteiger partial charge is 0.287 e. The second-order valence-electron chi connectivity index (χ2n) is 4.04. The van der Waals surface area contributed by atoms with Gasteiger partial charge < -0.3 is 10.4 Å². The zero-order valence-corrected chi connectivity index (χ0v) is 10.9. The lowest BCUT2D eigenvalue weighted by atomic mass is 10.0. The zero-order valence-electron chi connectivity index (χ0n) is 10.9. The highest BCUT2D eigenvalue weighted by molar-refractivity contribution is 5.56. The largest absolute Gasteiger partial charge is 0.390 e. The van der Waals surface area contributed by atoms with Crippen LogP contribution in [0.4, 0.5) is 14.6 Å². The van der Waals surface area contributed by atoms with E-state index in [9.17, 15) is 8.78 Å². The Bertz CT molecular complexity index is 485. The van der Waals surface area contributed by atoms with Gasteiger partial charge in [0.1, 0.15) is 18.2 Å². The van der Waals surface area contributed by atoms with Crippen molar-refractivity contribution in [3.8, 4) is 6.07 Å². The number of nitrogens with one attached hydrogen (secondary N) is 1. The highest BCUT2D eigenvalue weighted by Gasteiger charge is 2.28. The number of aliphatic hydroxyl groups excluding tert-OH is 1. The molecule has 0 spiro atoms. The molecular weight excluding hydrogens is 254 g/mol. The van der Waals surface area contributed by atoms with Crippen LogP contribution in [-0.2, 0) is 12.8 Å². The molecule has 7 heteroatoms. The summed E-state index contributed by atoms with van der Waals surface area (Å²) in [5.41, 5.74) is 1.65. The normalized spacial score (nSPS) is 11.2. The number of anilines is 1. The lowest BCUT2D eigenvalue weighted by molar-refractivity contribution is -0.0373. The molecule has 5 nitrogen and oxygen atoms in total. The highest BCUT2D eigenvalue weighted by atomic mass is 19.3. The van der Waals surface area contributed by atoms with Crippen molar-refractivity contribution in [1.82, 2.24) is 10.2 Å².